The molecule has 3 aliphatic rings. The topological polar surface area (TPSA) is 102 Å². The van der Waals surface area contributed by atoms with Crippen LogP contribution in [0.5, 0.6) is 0 Å². The Balaban J connectivity index is 1.54. The monoisotopic (exact) mass is 304 g/mol. The molecule has 3 atom stereocenters. The van der Waals surface area contributed by atoms with Crippen LogP contribution < -0.4 is 10.9 Å². The molecule has 10 heteroatoms. The summed E-state index contributed by atoms with van der Waals surface area (Å²) in [5.74, 6) is -6.02. The fourth-order valence-electron chi connectivity index (χ4n) is 2.71. The minimum Gasteiger partial charge on any atom is -0.309 e. The highest BCUT2D eigenvalue weighted by Crippen LogP contribution is 2.48. The number of rotatable bonds is 2. The van der Waals surface area contributed by atoms with E-state index in [0.29, 0.717) is 17.9 Å². The van der Waals surface area contributed by atoms with Crippen molar-refractivity contribution in [3.05, 3.63) is 0 Å². The number of nitrogens with zero attached hydrogens (tertiary/aromatic N) is 2. The van der Waals surface area contributed by atoms with Crippen LogP contribution in [-0.4, -0.2) is 57.6 Å². The smallest absolute Gasteiger partial charge is 0.309 e. The summed E-state index contributed by atoms with van der Waals surface area (Å²) in [5.41, 5.74) is 4.01. The summed E-state index contributed by atoms with van der Waals surface area (Å²) >= 11 is 0. The molecule has 21 heavy (non-hydrogen) atoms. The van der Waals surface area contributed by atoms with Gasteiger partial charge in [0, 0.05) is 13.0 Å². The summed E-state index contributed by atoms with van der Waals surface area (Å²) < 4.78 is 25.4. The van der Waals surface area contributed by atoms with Crippen LogP contribution in [0, 0.1) is 5.92 Å². The second-order valence-electron chi connectivity index (χ2n) is 5.52. The molecule has 0 aromatic rings. The van der Waals surface area contributed by atoms with Gasteiger partial charge in [-0.2, -0.15) is 0 Å². The third kappa shape index (κ3) is 2.28. The lowest BCUT2D eigenvalue weighted by Crippen LogP contribution is -2.54. The Hall–Kier alpha value is -1.97. The quantitative estimate of drug-likeness (QED) is 0.470. The Labute approximate surface area is 118 Å². The molecular weight excluding hydrogens is 290 g/mol. The van der Waals surface area contributed by atoms with Crippen molar-refractivity contribution in [2.45, 2.75) is 37.3 Å². The number of fused-ring (bicyclic) bond motifs is 2. The van der Waals surface area contributed by atoms with E-state index in [0.717, 1.165) is 0 Å². The van der Waals surface area contributed by atoms with Crippen LogP contribution in [0.15, 0.2) is 0 Å². The molecule has 1 aliphatic carbocycles. The summed E-state index contributed by atoms with van der Waals surface area (Å²) in [6.07, 6.45) is 0.254. The highest BCUT2D eigenvalue weighted by atomic mass is 19.3. The van der Waals surface area contributed by atoms with E-state index >= 15 is 0 Å². The molecule has 1 saturated carbocycles. The standard InChI is InChI=1S/C11H14F2N4O4/c12-11(13)3-6(11)8(18)14-15-9(19)7-2-1-5-4-16(7)10(20)17(5)21/h5-7,21H,1-4H2,(H,14,18)(H,15,19). The number of hydrogen-bond donors (Lipinski definition) is 3. The molecule has 0 spiro atoms. The molecule has 2 bridgehead atoms. The number of alkyl halides is 2. The van der Waals surface area contributed by atoms with E-state index in [1.165, 1.54) is 4.90 Å². The fourth-order valence-corrected chi connectivity index (χ4v) is 2.71. The lowest BCUT2D eigenvalue weighted by atomic mass is 10.0. The van der Waals surface area contributed by atoms with Crippen LogP contribution in [-0.2, 0) is 9.59 Å². The number of carbonyl (C=O) groups is 3. The van der Waals surface area contributed by atoms with Crippen LogP contribution in [0.1, 0.15) is 19.3 Å². The third-order valence-electron chi connectivity index (χ3n) is 4.10. The number of hydroxylamine groups is 2. The summed E-state index contributed by atoms with van der Waals surface area (Å²) in [6.45, 7) is 0.224. The van der Waals surface area contributed by atoms with Gasteiger partial charge >= 0.3 is 6.03 Å². The summed E-state index contributed by atoms with van der Waals surface area (Å²) in [6, 6.07) is -1.83. The Bertz CT molecular complexity index is 514. The van der Waals surface area contributed by atoms with Crippen molar-refractivity contribution >= 4 is 17.8 Å². The Morgan fingerprint density at radius 3 is 2.48 bits per heavy atom. The zero-order valence-electron chi connectivity index (χ0n) is 10.9. The van der Waals surface area contributed by atoms with Crippen molar-refractivity contribution in [3.8, 4) is 0 Å². The predicted molar refractivity (Wildman–Crippen MR) is 61.9 cm³/mol. The molecule has 3 unspecified atom stereocenters. The van der Waals surface area contributed by atoms with E-state index in [4.69, 9.17) is 0 Å². The molecule has 3 rings (SSSR count). The molecule has 4 amide bonds. The molecule has 8 nitrogen and oxygen atoms in total. The van der Waals surface area contributed by atoms with Gasteiger partial charge in [-0.1, -0.05) is 0 Å². The highest BCUT2D eigenvalue weighted by Gasteiger charge is 2.61. The maximum absolute atomic E-state index is 12.7. The number of hydrogen-bond acceptors (Lipinski definition) is 4. The van der Waals surface area contributed by atoms with Gasteiger partial charge in [0.15, 0.2) is 0 Å². The van der Waals surface area contributed by atoms with E-state index in [1.807, 2.05) is 5.43 Å². The Kier molecular flexibility index (Phi) is 3.01. The lowest BCUT2D eigenvalue weighted by molar-refractivity contribution is -0.133. The number of urea groups is 1. The lowest BCUT2D eigenvalue weighted by Gasteiger charge is -2.29. The summed E-state index contributed by atoms with van der Waals surface area (Å²) in [4.78, 5) is 36.2. The van der Waals surface area contributed by atoms with E-state index in [2.05, 4.69) is 5.43 Å². The van der Waals surface area contributed by atoms with Crippen LogP contribution in [0.4, 0.5) is 13.6 Å². The first-order chi connectivity index (χ1) is 9.81. The minimum absolute atomic E-state index is 0.224. The van der Waals surface area contributed by atoms with E-state index < -0.39 is 42.1 Å². The maximum Gasteiger partial charge on any atom is 0.344 e. The number of hydrazine groups is 1. The number of halogens is 2. The minimum atomic E-state index is -3.00. The van der Waals surface area contributed by atoms with Crippen LogP contribution in [0.3, 0.4) is 0 Å². The zero-order chi connectivity index (χ0) is 15.4. The second-order valence-corrected chi connectivity index (χ2v) is 5.52. The van der Waals surface area contributed by atoms with E-state index in [9.17, 15) is 28.4 Å². The average molecular weight is 304 g/mol. The summed E-state index contributed by atoms with van der Waals surface area (Å²) in [5, 5.41) is 10.1. The van der Waals surface area contributed by atoms with Gasteiger partial charge in [0.05, 0.1) is 6.04 Å². The first kappa shape index (κ1) is 14.0. The molecule has 2 heterocycles. The Morgan fingerprint density at radius 2 is 1.86 bits per heavy atom. The number of nitrogens with one attached hydrogen (secondary N) is 2. The highest BCUT2D eigenvalue weighted by molar-refractivity contribution is 5.90. The van der Waals surface area contributed by atoms with Gasteiger partial charge in [-0.25, -0.2) is 18.6 Å². The van der Waals surface area contributed by atoms with Crippen LogP contribution in [0.25, 0.3) is 0 Å². The van der Waals surface area contributed by atoms with Crippen molar-refractivity contribution < 1.29 is 28.4 Å². The number of carbonyl (C=O) groups excluding carboxylic acids is 3. The second kappa shape index (κ2) is 4.52. The fraction of sp³-hybridized carbons (Fsp3) is 0.727. The van der Waals surface area contributed by atoms with Gasteiger partial charge in [0.25, 0.3) is 11.8 Å². The van der Waals surface area contributed by atoms with E-state index in [1.54, 1.807) is 0 Å². The van der Waals surface area contributed by atoms with Crippen molar-refractivity contribution in [2.24, 2.45) is 5.92 Å². The maximum atomic E-state index is 12.7. The molecule has 116 valence electrons. The number of amides is 4. The van der Waals surface area contributed by atoms with Gasteiger partial charge in [-0.3, -0.25) is 25.6 Å². The Morgan fingerprint density at radius 1 is 1.24 bits per heavy atom. The van der Waals surface area contributed by atoms with Gasteiger partial charge in [-0.05, 0) is 12.8 Å². The van der Waals surface area contributed by atoms with Crippen molar-refractivity contribution in [1.82, 2.24) is 20.8 Å². The summed E-state index contributed by atoms with van der Waals surface area (Å²) in [7, 11) is 0. The van der Waals surface area contributed by atoms with Gasteiger partial charge in [0.2, 0.25) is 5.91 Å². The average Bonchev–Trinajstić information content (AvgIpc) is 3.05. The third-order valence-corrected chi connectivity index (χ3v) is 4.10. The molecule has 3 N–H and O–H groups in total. The molecule has 2 saturated heterocycles. The molecule has 0 radical (unpaired) electrons. The normalized spacial score (nSPS) is 32.9. The molecule has 2 aliphatic heterocycles. The van der Waals surface area contributed by atoms with Crippen LogP contribution in [0.2, 0.25) is 0 Å². The first-order valence-corrected chi connectivity index (χ1v) is 6.57. The zero-order valence-corrected chi connectivity index (χ0v) is 10.9. The van der Waals surface area contributed by atoms with Crippen molar-refractivity contribution in [1.29, 1.82) is 0 Å². The van der Waals surface area contributed by atoms with Gasteiger partial charge in [-0.15, -0.1) is 0 Å². The largest absolute Gasteiger partial charge is 0.344 e. The first-order valence-electron chi connectivity index (χ1n) is 6.57. The van der Waals surface area contributed by atoms with Gasteiger partial charge < -0.3 is 4.90 Å². The molecular formula is C11H14F2N4O4. The molecule has 0 aromatic heterocycles. The van der Waals surface area contributed by atoms with Gasteiger partial charge in [0.1, 0.15) is 12.0 Å². The van der Waals surface area contributed by atoms with Crippen molar-refractivity contribution in [3.63, 3.8) is 0 Å². The van der Waals surface area contributed by atoms with Crippen LogP contribution >= 0.6 is 0 Å². The number of piperidine rings is 1. The molecule has 0 aromatic carbocycles. The van der Waals surface area contributed by atoms with E-state index in [-0.39, 0.29) is 12.6 Å². The SMILES string of the molecule is O=C(NNC(=O)C1CC1(F)F)C1CCC2CN1C(=O)N2O. The molecule has 3 fully saturated rings. The predicted octanol–water partition coefficient (Wildman–Crippen LogP) is -0.553. The van der Waals surface area contributed by atoms with Crippen molar-refractivity contribution in [2.75, 3.05) is 6.54 Å².